The first kappa shape index (κ1) is 20.4. The van der Waals surface area contributed by atoms with Gasteiger partial charge in [0.2, 0.25) is 0 Å². The molecule has 136 valence electrons. The highest BCUT2D eigenvalue weighted by atomic mass is 35.5. The minimum Gasteiger partial charge on any atom is -0.394 e. The maximum atomic E-state index is 12.3. The zero-order valence-corrected chi connectivity index (χ0v) is 14.0. The summed E-state index contributed by atoms with van der Waals surface area (Å²) >= 11 is 5.56. The van der Waals surface area contributed by atoms with Gasteiger partial charge in [-0.3, -0.25) is 4.90 Å². The van der Waals surface area contributed by atoms with Crippen LogP contribution in [-0.2, 0) is 4.74 Å². The van der Waals surface area contributed by atoms with Crippen molar-refractivity contribution in [3.8, 4) is 0 Å². The van der Waals surface area contributed by atoms with Gasteiger partial charge in [0.05, 0.1) is 6.61 Å². The minimum atomic E-state index is -1.51. The third-order valence-corrected chi connectivity index (χ3v) is 4.00. The van der Waals surface area contributed by atoms with Crippen LogP contribution < -0.4 is 5.32 Å². The molecule has 1 saturated heterocycles. The number of alkyl halides is 1. The smallest absolute Gasteiger partial charge is 0.319 e. The van der Waals surface area contributed by atoms with Gasteiger partial charge in [0.1, 0.15) is 24.4 Å². The molecule has 1 heterocycles. The molecule has 1 rings (SSSR count). The van der Waals surface area contributed by atoms with Crippen LogP contribution in [0.15, 0.2) is 0 Å². The predicted molar refractivity (Wildman–Crippen MR) is 84.1 cm³/mol. The lowest BCUT2D eigenvalue weighted by molar-refractivity contribution is -0.257. The topological polar surface area (TPSA) is 122 Å². The molecule has 5 atom stereocenters. The largest absolute Gasteiger partial charge is 0.394 e. The lowest BCUT2D eigenvalue weighted by atomic mass is 9.97. The van der Waals surface area contributed by atoms with E-state index in [1.54, 1.807) is 0 Å². The number of carbonyl (C=O) groups is 1. The second-order valence-electron chi connectivity index (χ2n) is 5.54. The van der Waals surface area contributed by atoms with Crippen molar-refractivity contribution in [1.29, 1.82) is 0 Å². The van der Waals surface area contributed by atoms with Crippen molar-refractivity contribution in [3.05, 3.63) is 0 Å². The second kappa shape index (κ2) is 10.3. The van der Waals surface area contributed by atoms with E-state index in [-0.39, 0.29) is 12.4 Å². The Balaban J connectivity index is 2.86. The van der Waals surface area contributed by atoms with Crippen molar-refractivity contribution in [2.45, 2.75) is 56.8 Å². The molecular formula is C14H27ClN2O6. The average molecular weight is 355 g/mol. The monoisotopic (exact) mass is 354 g/mol. The van der Waals surface area contributed by atoms with Crippen LogP contribution in [0.4, 0.5) is 4.79 Å². The summed E-state index contributed by atoms with van der Waals surface area (Å²) in [6.07, 6.45) is -4.11. The van der Waals surface area contributed by atoms with E-state index in [1.807, 2.05) is 6.92 Å². The Kier molecular flexibility index (Phi) is 9.11. The maximum absolute atomic E-state index is 12.3. The number of aliphatic hydroxyl groups is 4. The van der Waals surface area contributed by atoms with Gasteiger partial charge in [-0.1, -0.05) is 19.8 Å². The second-order valence-corrected chi connectivity index (χ2v) is 5.92. The van der Waals surface area contributed by atoms with Gasteiger partial charge in [0.15, 0.2) is 6.23 Å². The summed E-state index contributed by atoms with van der Waals surface area (Å²) < 4.78 is 5.45. The maximum Gasteiger partial charge on any atom is 0.319 e. The predicted octanol–water partition coefficient (Wildman–Crippen LogP) is -0.773. The first-order valence-electron chi connectivity index (χ1n) is 7.88. The Labute approximate surface area is 141 Å². The molecular weight excluding hydrogens is 328 g/mol. The third kappa shape index (κ3) is 5.44. The number of rotatable bonds is 8. The van der Waals surface area contributed by atoms with Crippen LogP contribution >= 0.6 is 11.6 Å². The van der Waals surface area contributed by atoms with Crippen molar-refractivity contribution >= 4 is 17.6 Å². The number of halogens is 1. The molecule has 0 saturated carbocycles. The van der Waals surface area contributed by atoms with Crippen LogP contribution in [0.2, 0.25) is 0 Å². The van der Waals surface area contributed by atoms with Crippen molar-refractivity contribution in [2.24, 2.45) is 0 Å². The molecule has 8 nitrogen and oxygen atoms in total. The molecule has 0 spiro atoms. The van der Waals surface area contributed by atoms with Gasteiger partial charge >= 0.3 is 6.03 Å². The first-order chi connectivity index (χ1) is 11.0. The van der Waals surface area contributed by atoms with E-state index in [4.69, 9.17) is 16.3 Å². The zero-order valence-electron chi connectivity index (χ0n) is 13.3. The molecule has 1 unspecified atom stereocenters. The SMILES string of the molecule is CCCCCN(C(=O)NCCCl)C1O[C@H](CO)[C@H](O)[C@H](O)[C@H]1O. The number of hydrogen-bond acceptors (Lipinski definition) is 6. The van der Waals surface area contributed by atoms with Crippen LogP contribution in [0, 0.1) is 0 Å². The summed E-state index contributed by atoms with van der Waals surface area (Å²) in [5.74, 6) is 0.239. The van der Waals surface area contributed by atoms with E-state index in [1.165, 1.54) is 4.90 Å². The highest BCUT2D eigenvalue weighted by molar-refractivity contribution is 6.18. The summed E-state index contributed by atoms with van der Waals surface area (Å²) in [6, 6.07) is -0.480. The molecule has 0 aromatic heterocycles. The standard InChI is InChI=1S/C14H27ClN2O6/c1-2-3-4-7-17(14(22)16-6-5-15)13-12(21)11(20)10(19)9(8-18)23-13/h9-13,18-21H,2-8H2,1H3,(H,16,22)/t9-,10+,11+,12-,13?/m1/s1. The molecule has 23 heavy (non-hydrogen) atoms. The number of unbranched alkanes of at least 4 members (excludes halogenated alkanes) is 2. The molecule has 5 N–H and O–H groups in total. The highest BCUT2D eigenvalue weighted by Crippen LogP contribution is 2.24. The summed E-state index contributed by atoms with van der Waals surface area (Å²) in [5.41, 5.74) is 0. The van der Waals surface area contributed by atoms with E-state index >= 15 is 0 Å². The number of nitrogens with one attached hydrogen (secondary N) is 1. The average Bonchev–Trinajstić information content (AvgIpc) is 2.55. The molecule has 0 aromatic carbocycles. The number of aliphatic hydroxyl groups excluding tert-OH is 4. The van der Waals surface area contributed by atoms with Crippen LogP contribution in [0.5, 0.6) is 0 Å². The Hall–Kier alpha value is -0.640. The van der Waals surface area contributed by atoms with Crippen molar-refractivity contribution < 1.29 is 30.0 Å². The lowest BCUT2D eigenvalue weighted by Gasteiger charge is -2.44. The fourth-order valence-electron chi connectivity index (χ4n) is 2.47. The van der Waals surface area contributed by atoms with Crippen LogP contribution in [0.25, 0.3) is 0 Å². The van der Waals surface area contributed by atoms with E-state index < -0.39 is 43.3 Å². The van der Waals surface area contributed by atoms with Crippen molar-refractivity contribution in [1.82, 2.24) is 10.2 Å². The van der Waals surface area contributed by atoms with Gasteiger partial charge in [-0.15, -0.1) is 11.6 Å². The molecule has 2 amide bonds. The molecule has 0 aliphatic carbocycles. The van der Waals surface area contributed by atoms with Gasteiger partial charge in [-0.2, -0.15) is 0 Å². The summed E-state index contributed by atoms with van der Waals surface area (Å²) in [4.78, 5) is 13.6. The quantitative estimate of drug-likeness (QED) is 0.288. The van der Waals surface area contributed by atoms with E-state index in [0.717, 1.165) is 12.8 Å². The van der Waals surface area contributed by atoms with Gasteiger partial charge in [-0.05, 0) is 6.42 Å². The van der Waals surface area contributed by atoms with Crippen molar-refractivity contribution in [3.63, 3.8) is 0 Å². The van der Waals surface area contributed by atoms with Gasteiger partial charge in [-0.25, -0.2) is 4.79 Å². The highest BCUT2D eigenvalue weighted by Gasteiger charge is 2.46. The van der Waals surface area contributed by atoms with Crippen molar-refractivity contribution in [2.75, 3.05) is 25.6 Å². The van der Waals surface area contributed by atoms with Gasteiger partial charge < -0.3 is 30.5 Å². The van der Waals surface area contributed by atoms with E-state index in [9.17, 15) is 25.2 Å². The van der Waals surface area contributed by atoms with Crippen LogP contribution in [-0.4, -0.2) is 87.6 Å². The molecule has 0 aromatic rings. The number of ether oxygens (including phenoxy) is 1. The van der Waals surface area contributed by atoms with Gasteiger partial charge in [0.25, 0.3) is 0 Å². The number of hydrogen-bond donors (Lipinski definition) is 5. The van der Waals surface area contributed by atoms with Crippen LogP contribution in [0.1, 0.15) is 26.2 Å². The molecule has 1 aliphatic heterocycles. The molecule has 0 radical (unpaired) electrons. The summed E-state index contributed by atoms with van der Waals surface area (Å²) in [6.45, 7) is 2.05. The van der Waals surface area contributed by atoms with Crippen LogP contribution in [0.3, 0.4) is 0 Å². The molecule has 0 bridgehead atoms. The zero-order chi connectivity index (χ0) is 17.4. The third-order valence-electron chi connectivity index (χ3n) is 3.81. The summed E-state index contributed by atoms with van der Waals surface area (Å²) in [7, 11) is 0. The Morgan fingerprint density at radius 1 is 1.22 bits per heavy atom. The van der Waals surface area contributed by atoms with E-state index in [2.05, 4.69) is 5.32 Å². The normalized spacial score (nSPS) is 31.0. The first-order valence-corrected chi connectivity index (χ1v) is 8.42. The molecule has 9 heteroatoms. The lowest BCUT2D eigenvalue weighted by Crippen LogP contribution is -2.65. The Morgan fingerprint density at radius 2 is 1.91 bits per heavy atom. The fourth-order valence-corrected chi connectivity index (χ4v) is 2.57. The fraction of sp³-hybridized carbons (Fsp3) is 0.929. The van der Waals surface area contributed by atoms with Gasteiger partial charge in [0, 0.05) is 19.0 Å². The number of carbonyl (C=O) groups excluding carboxylic acids is 1. The molecule has 1 fully saturated rings. The Morgan fingerprint density at radius 3 is 2.48 bits per heavy atom. The van der Waals surface area contributed by atoms with E-state index in [0.29, 0.717) is 13.0 Å². The summed E-state index contributed by atoms with van der Waals surface area (Å²) in [5, 5.41) is 41.7. The number of nitrogens with zero attached hydrogens (tertiary/aromatic N) is 1. The number of amides is 2. The Bertz CT molecular complexity index is 360. The molecule has 1 aliphatic rings. The minimum absolute atomic E-state index is 0.239. The number of urea groups is 1.